The van der Waals surface area contributed by atoms with Gasteiger partial charge in [0, 0.05) is 26.2 Å². The number of aryl methyl sites for hydroxylation is 1. The van der Waals surface area contributed by atoms with Crippen LogP contribution in [0.5, 0.6) is 0 Å². The van der Waals surface area contributed by atoms with E-state index in [2.05, 4.69) is 20.8 Å². The Balaban J connectivity index is 2.36. The van der Waals surface area contributed by atoms with Gasteiger partial charge in [-0.3, -0.25) is 4.79 Å². The van der Waals surface area contributed by atoms with Crippen LogP contribution in [0.2, 0.25) is 0 Å². The maximum atomic E-state index is 12.9. The van der Waals surface area contributed by atoms with Crippen molar-refractivity contribution in [2.75, 3.05) is 26.2 Å². The number of hydrogen-bond donors (Lipinski definition) is 0. The number of nitrogens with zero attached hydrogens (tertiary/aromatic N) is 2. The Morgan fingerprint density at radius 3 is 2.18 bits per heavy atom. The second-order valence-electron chi connectivity index (χ2n) is 6.78. The molecule has 1 aliphatic rings. The van der Waals surface area contributed by atoms with E-state index in [0.29, 0.717) is 31.1 Å². The van der Waals surface area contributed by atoms with Gasteiger partial charge in [-0.2, -0.15) is 4.31 Å². The van der Waals surface area contributed by atoms with E-state index in [4.69, 9.17) is 0 Å². The summed E-state index contributed by atoms with van der Waals surface area (Å²) in [7, 11) is -3.52. The molecule has 0 aromatic heterocycles. The van der Waals surface area contributed by atoms with Crippen molar-refractivity contribution in [3.8, 4) is 0 Å². The Morgan fingerprint density at radius 2 is 1.68 bits per heavy atom. The zero-order valence-electron chi connectivity index (χ0n) is 13.7. The van der Waals surface area contributed by atoms with Gasteiger partial charge in [-0.1, -0.05) is 32.9 Å². The van der Waals surface area contributed by atoms with Crippen molar-refractivity contribution in [2.45, 2.75) is 38.0 Å². The third-order valence-electron chi connectivity index (χ3n) is 4.09. The first-order chi connectivity index (χ1) is 10.2. The molecule has 0 aliphatic carbocycles. The molecule has 1 aliphatic heterocycles. The molecule has 0 spiro atoms. The standard InChI is InChI=1S/C16H24N2O3S/c1-13-5-6-14(16(2,3)4)11-15(13)22(20,21)18-9-7-17(12-19)8-10-18/h5-6,11-12H,7-10H2,1-4H3. The molecule has 1 amide bonds. The zero-order chi connectivity index (χ0) is 16.5. The summed E-state index contributed by atoms with van der Waals surface area (Å²) in [6.07, 6.45) is 0.773. The molecule has 0 atom stereocenters. The molecule has 0 unspecified atom stereocenters. The lowest BCUT2D eigenvalue weighted by molar-refractivity contribution is -0.119. The van der Waals surface area contributed by atoms with Gasteiger partial charge >= 0.3 is 0 Å². The number of hydrogen-bond acceptors (Lipinski definition) is 3. The molecule has 1 fully saturated rings. The van der Waals surface area contributed by atoms with E-state index in [0.717, 1.165) is 17.5 Å². The Kier molecular flexibility index (Phi) is 4.63. The molecule has 2 rings (SSSR count). The molecular formula is C16H24N2O3S. The van der Waals surface area contributed by atoms with E-state index in [9.17, 15) is 13.2 Å². The first-order valence-corrected chi connectivity index (χ1v) is 8.91. The van der Waals surface area contributed by atoms with Crippen LogP contribution in [0.25, 0.3) is 0 Å². The molecule has 0 radical (unpaired) electrons. The molecule has 1 heterocycles. The summed E-state index contributed by atoms with van der Waals surface area (Å²) in [5.74, 6) is 0. The van der Waals surface area contributed by atoms with Crippen molar-refractivity contribution in [3.63, 3.8) is 0 Å². The van der Waals surface area contributed by atoms with Crippen LogP contribution in [0.4, 0.5) is 0 Å². The third-order valence-corrected chi connectivity index (χ3v) is 6.13. The van der Waals surface area contributed by atoms with E-state index >= 15 is 0 Å². The lowest BCUT2D eigenvalue weighted by Gasteiger charge is -2.32. The Hall–Kier alpha value is -1.40. The summed E-state index contributed by atoms with van der Waals surface area (Å²) in [6.45, 7) is 9.60. The topological polar surface area (TPSA) is 57.7 Å². The van der Waals surface area contributed by atoms with Crippen LogP contribution in [-0.2, 0) is 20.2 Å². The minimum Gasteiger partial charge on any atom is -0.343 e. The highest BCUT2D eigenvalue weighted by Gasteiger charge is 2.30. The summed E-state index contributed by atoms with van der Waals surface area (Å²) in [5, 5.41) is 0. The molecule has 0 N–H and O–H groups in total. The molecule has 6 heteroatoms. The van der Waals surface area contributed by atoms with Gasteiger partial charge in [0.1, 0.15) is 0 Å². The molecule has 5 nitrogen and oxygen atoms in total. The van der Waals surface area contributed by atoms with Crippen LogP contribution in [-0.4, -0.2) is 50.2 Å². The Morgan fingerprint density at radius 1 is 1.09 bits per heavy atom. The van der Waals surface area contributed by atoms with Crippen molar-refractivity contribution >= 4 is 16.4 Å². The number of carbonyl (C=O) groups is 1. The average molecular weight is 324 g/mol. The summed E-state index contributed by atoms with van der Waals surface area (Å²) < 4.78 is 27.3. The average Bonchev–Trinajstić information content (AvgIpc) is 2.46. The molecule has 1 aromatic carbocycles. The van der Waals surface area contributed by atoms with E-state index in [1.807, 2.05) is 19.1 Å². The van der Waals surface area contributed by atoms with Gasteiger partial charge < -0.3 is 4.90 Å². The first kappa shape index (κ1) is 17.0. The van der Waals surface area contributed by atoms with E-state index < -0.39 is 10.0 Å². The highest BCUT2D eigenvalue weighted by molar-refractivity contribution is 7.89. The fourth-order valence-electron chi connectivity index (χ4n) is 2.53. The van der Waals surface area contributed by atoms with E-state index in [1.54, 1.807) is 11.0 Å². The molecule has 0 bridgehead atoms. The summed E-state index contributed by atoms with van der Waals surface area (Å²) in [5.41, 5.74) is 1.66. The van der Waals surface area contributed by atoms with E-state index in [1.165, 1.54) is 4.31 Å². The van der Waals surface area contributed by atoms with Gasteiger partial charge in [-0.25, -0.2) is 8.42 Å². The highest BCUT2D eigenvalue weighted by Crippen LogP contribution is 2.28. The van der Waals surface area contributed by atoms with Crippen LogP contribution in [0.15, 0.2) is 23.1 Å². The molecule has 122 valence electrons. The van der Waals surface area contributed by atoms with Crippen molar-refractivity contribution in [3.05, 3.63) is 29.3 Å². The zero-order valence-corrected chi connectivity index (χ0v) is 14.5. The molecule has 1 aromatic rings. The molecule has 0 saturated carbocycles. The first-order valence-electron chi connectivity index (χ1n) is 7.47. The highest BCUT2D eigenvalue weighted by atomic mass is 32.2. The second kappa shape index (κ2) is 6.01. The van der Waals surface area contributed by atoms with Crippen LogP contribution in [0, 0.1) is 6.92 Å². The van der Waals surface area contributed by atoms with Gasteiger partial charge in [-0.15, -0.1) is 0 Å². The van der Waals surface area contributed by atoms with Gasteiger partial charge in [0.2, 0.25) is 16.4 Å². The van der Waals surface area contributed by atoms with Gasteiger partial charge in [0.05, 0.1) is 4.90 Å². The Bertz CT molecular complexity index is 654. The number of piperazine rings is 1. The van der Waals surface area contributed by atoms with Crippen LogP contribution in [0.1, 0.15) is 31.9 Å². The third kappa shape index (κ3) is 3.33. The predicted octanol–water partition coefficient (Wildman–Crippen LogP) is 1.76. The monoisotopic (exact) mass is 324 g/mol. The van der Waals surface area contributed by atoms with Gasteiger partial charge in [-0.05, 0) is 29.5 Å². The second-order valence-corrected chi connectivity index (χ2v) is 8.68. The number of carbonyl (C=O) groups excluding carboxylic acids is 1. The van der Waals surface area contributed by atoms with Crippen molar-refractivity contribution in [2.24, 2.45) is 0 Å². The minimum atomic E-state index is -3.52. The fourth-order valence-corrected chi connectivity index (χ4v) is 4.21. The SMILES string of the molecule is Cc1ccc(C(C)(C)C)cc1S(=O)(=O)N1CCN(C=O)CC1. The quantitative estimate of drug-likeness (QED) is 0.796. The molecule has 22 heavy (non-hydrogen) atoms. The summed E-state index contributed by atoms with van der Waals surface area (Å²) in [4.78, 5) is 12.7. The minimum absolute atomic E-state index is 0.103. The van der Waals surface area contributed by atoms with Crippen molar-refractivity contribution in [1.82, 2.24) is 9.21 Å². The summed E-state index contributed by atoms with van der Waals surface area (Å²) >= 11 is 0. The lowest BCUT2D eigenvalue weighted by atomic mass is 9.87. The number of amides is 1. The predicted molar refractivity (Wildman–Crippen MR) is 86.3 cm³/mol. The van der Waals surface area contributed by atoms with Gasteiger partial charge in [0.25, 0.3) is 0 Å². The maximum absolute atomic E-state index is 12.9. The van der Waals surface area contributed by atoms with Gasteiger partial charge in [0.15, 0.2) is 0 Å². The Labute approximate surface area is 133 Å². The smallest absolute Gasteiger partial charge is 0.243 e. The lowest BCUT2D eigenvalue weighted by Crippen LogP contribution is -2.48. The number of benzene rings is 1. The molecular weight excluding hydrogens is 300 g/mol. The van der Waals surface area contributed by atoms with Crippen molar-refractivity contribution in [1.29, 1.82) is 0 Å². The summed E-state index contributed by atoms with van der Waals surface area (Å²) in [6, 6.07) is 5.64. The largest absolute Gasteiger partial charge is 0.343 e. The fraction of sp³-hybridized carbons (Fsp3) is 0.562. The van der Waals surface area contributed by atoms with E-state index in [-0.39, 0.29) is 5.41 Å². The molecule has 1 saturated heterocycles. The van der Waals surface area contributed by atoms with Crippen molar-refractivity contribution < 1.29 is 13.2 Å². The maximum Gasteiger partial charge on any atom is 0.243 e. The number of rotatable bonds is 3. The normalized spacial score (nSPS) is 17.5. The van der Waals surface area contributed by atoms with Crippen LogP contribution < -0.4 is 0 Å². The number of sulfonamides is 1. The van der Waals surface area contributed by atoms with Crippen LogP contribution in [0.3, 0.4) is 0 Å². The van der Waals surface area contributed by atoms with Crippen LogP contribution >= 0.6 is 0 Å².